The van der Waals surface area contributed by atoms with E-state index in [1.54, 1.807) is 0 Å². The molecule has 0 atom stereocenters. The van der Waals surface area contributed by atoms with Gasteiger partial charge >= 0.3 is 122 Å². The van der Waals surface area contributed by atoms with Gasteiger partial charge in [-0.05, 0) is 0 Å². The zero-order valence-corrected chi connectivity index (χ0v) is 12.8. The molecule has 8 heteroatoms. The fourth-order valence-corrected chi connectivity index (χ4v) is 2.88. The topological polar surface area (TPSA) is 0 Å². The first-order valence-electron chi connectivity index (χ1n) is 5.85. The van der Waals surface area contributed by atoms with Crippen molar-refractivity contribution in [2.45, 2.75) is 12.4 Å². The molecule has 0 aliphatic carbocycles. The Balaban J connectivity index is 0.00000242. The Morgan fingerprint density at radius 2 is 0.818 bits per heavy atom. The number of benzene rings is 2. The van der Waals surface area contributed by atoms with E-state index in [1.165, 1.54) is 24.3 Å². The van der Waals surface area contributed by atoms with E-state index < -0.39 is 38.7 Å². The first-order chi connectivity index (χ1) is 9.66. The van der Waals surface area contributed by atoms with Crippen LogP contribution in [-0.2, 0) is 12.4 Å². The van der Waals surface area contributed by atoms with Gasteiger partial charge < -0.3 is 12.4 Å². The van der Waals surface area contributed by atoms with Gasteiger partial charge in [0.05, 0.1) is 0 Å². The smallest absolute Gasteiger partial charge is 1.00 e. The molecule has 0 nitrogen and oxygen atoms in total. The molecule has 0 fully saturated rings. The van der Waals surface area contributed by atoms with Gasteiger partial charge in [-0.25, -0.2) is 0 Å². The van der Waals surface area contributed by atoms with E-state index in [2.05, 4.69) is 0 Å². The van der Waals surface area contributed by atoms with E-state index in [0.29, 0.717) is 8.85 Å². The van der Waals surface area contributed by atoms with Gasteiger partial charge in [-0.2, -0.15) is 0 Å². The minimum absolute atomic E-state index is 0. The van der Waals surface area contributed by atoms with Crippen LogP contribution in [-0.4, -0.2) is 15.2 Å². The van der Waals surface area contributed by atoms with Crippen molar-refractivity contribution in [2.24, 2.45) is 0 Å². The molecule has 0 heterocycles. The normalized spacial score (nSPS) is 11.5. The first kappa shape index (κ1) is 18.9. The number of alkyl halides is 6. The molecule has 116 valence electrons. The molecule has 0 aromatic heterocycles. The monoisotopic (exact) mass is 352 g/mol. The summed E-state index contributed by atoms with van der Waals surface area (Å²) in [7, 11) is 0. The third-order valence-electron chi connectivity index (χ3n) is 2.81. The Bertz CT molecular complexity index is 546. The zero-order valence-electron chi connectivity index (χ0n) is 10.8. The fraction of sp³-hybridized carbons (Fsp3) is 0.143. The fourth-order valence-electron chi connectivity index (χ4n) is 1.73. The van der Waals surface area contributed by atoms with Gasteiger partial charge in [0.15, 0.2) is 0 Å². The maximum atomic E-state index is 12.4. The average molecular weight is 353 g/mol. The van der Waals surface area contributed by atoms with Crippen LogP contribution in [0.2, 0.25) is 0 Å². The summed E-state index contributed by atoms with van der Waals surface area (Å²) in [4.78, 5) is 0. The van der Waals surface area contributed by atoms with E-state index in [9.17, 15) is 26.3 Å². The van der Waals surface area contributed by atoms with Crippen LogP contribution in [0.25, 0.3) is 0 Å². The standard InChI is InChI=1S/2C7H4F3.Al.ClH/c2*8-7(9,10)6-4-2-1-3-5-6;;/h2*2-5H;;1H/q;;+1;/p-1. The molecule has 0 aliphatic rings. The molecule has 0 radical (unpaired) electrons. The second-order valence-electron chi connectivity index (χ2n) is 4.38. The molecule has 0 N–H and O–H groups in total. The summed E-state index contributed by atoms with van der Waals surface area (Å²) in [6.45, 7) is 0. The van der Waals surface area contributed by atoms with E-state index in [4.69, 9.17) is 0 Å². The SMILES string of the molecule is FC(F)(F)c1cc[c]([Al+][c]2ccc(C(F)(F)F)cc2)cc1.[Cl-]. The van der Waals surface area contributed by atoms with Gasteiger partial charge in [0.1, 0.15) is 0 Å². The molecule has 2 aromatic carbocycles. The summed E-state index contributed by atoms with van der Waals surface area (Å²) < 4.78 is 75.8. The van der Waals surface area contributed by atoms with E-state index in [-0.39, 0.29) is 12.4 Å². The first-order valence-corrected chi connectivity index (χ1v) is 7.01. The van der Waals surface area contributed by atoms with Gasteiger partial charge in [0, 0.05) is 0 Å². The quantitative estimate of drug-likeness (QED) is 0.542. The molecule has 0 unspecified atom stereocenters. The molecule has 2 aromatic rings. The number of hydrogen-bond acceptors (Lipinski definition) is 0. The summed E-state index contributed by atoms with van der Waals surface area (Å²) in [5, 5.41) is 0. The maximum absolute atomic E-state index is 12.4. The van der Waals surface area contributed by atoms with Gasteiger partial charge in [0.2, 0.25) is 0 Å². The largest absolute Gasteiger partial charge is 1.00 e. The van der Waals surface area contributed by atoms with Crippen molar-refractivity contribution in [1.29, 1.82) is 0 Å². The second kappa shape index (κ2) is 6.95. The molecule has 0 spiro atoms. The van der Waals surface area contributed by atoms with Crippen LogP contribution in [0.3, 0.4) is 0 Å². The molecular weight excluding hydrogens is 345 g/mol. The molecule has 0 bridgehead atoms. The summed E-state index contributed by atoms with van der Waals surface area (Å²) >= 11 is -0.543. The average Bonchev–Trinajstić information content (AvgIpc) is 2.38. The van der Waals surface area contributed by atoms with Crippen molar-refractivity contribution >= 4 is 24.1 Å². The Hall–Kier alpha value is -1.16. The van der Waals surface area contributed by atoms with Crippen molar-refractivity contribution in [3.63, 3.8) is 0 Å². The molecule has 22 heavy (non-hydrogen) atoms. The molecule has 0 saturated carbocycles. The van der Waals surface area contributed by atoms with Crippen LogP contribution in [0, 0.1) is 0 Å². The van der Waals surface area contributed by atoms with Crippen molar-refractivity contribution in [3.05, 3.63) is 59.7 Å². The van der Waals surface area contributed by atoms with Crippen LogP contribution in [0.1, 0.15) is 11.1 Å². The predicted octanol–water partition coefficient (Wildman–Crippen LogP) is 0.383. The summed E-state index contributed by atoms with van der Waals surface area (Å²) in [5.74, 6) is 0. The zero-order chi connectivity index (χ0) is 15.7. The van der Waals surface area contributed by atoms with E-state index in [0.717, 1.165) is 24.3 Å². The van der Waals surface area contributed by atoms with Crippen molar-refractivity contribution in [1.82, 2.24) is 0 Å². The van der Waals surface area contributed by atoms with Gasteiger partial charge in [0.25, 0.3) is 0 Å². The van der Waals surface area contributed by atoms with Crippen molar-refractivity contribution in [2.75, 3.05) is 0 Å². The number of halogens is 7. The van der Waals surface area contributed by atoms with Crippen molar-refractivity contribution in [3.8, 4) is 0 Å². The number of hydrogen-bond donors (Lipinski definition) is 0. The van der Waals surface area contributed by atoms with E-state index in [1.807, 2.05) is 0 Å². The second-order valence-corrected chi connectivity index (χ2v) is 6.01. The van der Waals surface area contributed by atoms with Crippen LogP contribution < -0.4 is 21.3 Å². The minimum Gasteiger partial charge on any atom is -1.00 e. The Kier molecular flexibility index (Phi) is 5.97. The minimum atomic E-state index is -4.39. The van der Waals surface area contributed by atoms with Gasteiger partial charge in [-0.1, -0.05) is 0 Å². The Labute approximate surface area is 135 Å². The number of rotatable bonds is 2. The summed E-state index contributed by atoms with van der Waals surface area (Å²) in [5.41, 5.74) is -1.48. The summed E-state index contributed by atoms with van der Waals surface area (Å²) in [6, 6.07) is 9.34. The third-order valence-corrected chi connectivity index (χ3v) is 4.25. The van der Waals surface area contributed by atoms with E-state index >= 15 is 0 Å². The van der Waals surface area contributed by atoms with Crippen LogP contribution in [0.5, 0.6) is 0 Å². The molecule has 0 aliphatic heterocycles. The Morgan fingerprint density at radius 1 is 0.545 bits per heavy atom. The Morgan fingerprint density at radius 3 is 1.05 bits per heavy atom. The van der Waals surface area contributed by atoms with Gasteiger partial charge in [-0.3, -0.25) is 0 Å². The molecule has 2 rings (SSSR count). The third kappa shape index (κ3) is 4.94. The maximum Gasteiger partial charge on any atom is -1.00 e. The summed E-state index contributed by atoms with van der Waals surface area (Å²) in [6.07, 6.45) is -8.77. The van der Waals surface area contributed by atoms with Gasteiger partial charge in [-0.15, -0.1) is 0 Å². The van der Waals surface area contributed by atoms with Crippen LogP contribution in [0.4, 0.5) is 26.3 Å². The molecule has 0 amide bonds. The van der Waals surface area contributed by atoms with Crippen LogP contribution >= 0.6 is 0 Å². The van der Waals surface area contributed by atoms with Crippen molar-refractivity contribution < 1.29 is 38.7 Å². The predicted molar refractivity (Wildman–Crippen MR) is 67.9 cm³/mol. The van der Waals surface area contributed by atoms with Crippen LogP contribution in [0.15, 0.2) is 48.5 Å². The molecule has 0 saturated heterocycles. The molecular formula is C14H8AlClF6.